The quantitative estimate of drug-likeness (QED) is 0.0995. The molecular formula is C80H72N2. The molecule has 402 valence electrons. The van der Waals surface area contributed by atoms with E-state index in [0.717, 1.165) is 22.7 Å². The van der Waals surface area contributed by atoms with Gasteiger partial charge in [-0.25, -0.2) is 0 Å². The van der Waals surface area contributed by atoms with Crippen LogP contribution in [-0.2, 0) is 21.7 Å². The van der Waals surface area contributed by atoms with Gasteiger partial charge in [-0.2, -0.15) is 0 Å². The van der Waals surface area contributed by atoms with Crippen LogP contribution in [0.3, 0.4) is 0 Å². The van der Waals surface area contributed by atoms with E-state index < -0.39 is 0 Å². The fraction of sp³-hybridized carbons (Fsp3) is 0.175. The molecule has 0 N–H and O–H groups in total. The van der Waals surface area contributed by atoms with Crippen LogP contribution in [0.5, 0.6) is 0 Å². The molecule has 0 heterocycles. The first kappa shape index (κ1) is 52.4. The molecule has 0 aliphatic heterocycles. The lowest BCUT2D eigenvalue weighted by Crippen LogP contribution is -2.17. The van der Waals surface area contributed by atoms with E-state index in [9.17, 15) is 0 Å². The summed E-state index contributed by atoms with van der Waals surface area (Å²) in [7, 11) is 0. The lowest BCUT2D eigenvalue weighted by Gasteiger charge is -2.29. The molecule has 0 radical (unpaired) electrons. The van der Waals surface area contributed by atoms with Crippen molar-refractivity contribution in [2.75, 3.05) is 9.80 Å². The number of rotatable bonds is 10. The van der Waals surface area contributed by atoms with Crippen molar-refractivity contribution in [2.24, 2.45) is 0 Å². The van der Waals surface area contributed by atoms with E-state index in [-0.39, 0.29) is 21.7 Å². The molecule has 0 saturated heterocycles. The summed E-state index contributed by atoms with van der Waals surface area (Å²) in [6, 6.07) is 86.1. The van der Waals surface area contributed by atoms with Crippen LogP contribution >= 0.6 is 0 Å². The fourth-order valence-electron chi connectivity index (χ4n) is 12.9. The summed E-state index contributed by atoms with van der Waals surface area (Å²) in [6.07, 6.45) is 9.07. The Morgan fingerprint density at radius 1 is 0.280 bits per heavy atom. The number of para-hydroxylation sites is 2. The number of anilines is 6. The summed E-state index contributed by atoms with van der Waals surface area (Å²) in [5.74, 6) is 0. The Morgan fingerprint density at radius 2 is 0.573 bits per heavy atom. The molecule has 2 aliphatic rings. The summed E-state index contributed by atoms with van der Waals surface area (Å²) in [5.41, 5.74) is 24.9. The van der Waals surface area contributed by atoms with E-state index in [1.165, 1.54) is 111 Å². The van der Waals surface area contributed by atoms with Crippen molar-refractivity contribution in [3.05, 3.63) is 286 Å². The molecule has 0 spiro atoms. The van der Waals surface area contributed by atoms with Crippen LogP contribution in [0, 0.1) is 0 Å². The van der Waals surface area contributed by atoms with Gasteiger partial charge >= 0.3 is 0 Å². The van der Waals surface area contributed by atoms with Crippen LogP contribution in [0.4, 0.5) is 34.1 Å². The minimum Gasteiger partial charge on any atom is -0.310 e. The van der Waals surface area contributed by atoms with Gasteiger partial charge < -0.3 is 9.80 Å². The molecule has 11 aromatic carbocycles. The number of fused-ring (bicyclic) bond motifs is 9. The number of nitrogens with zero attached hydrogens (tertiary/aromatic N) is 2. The average Bonchev–Trinajstić information content (AvgIpc) is 2.09. The lowest BCUT2D eigenvalue weighted by molar-refractivity contribution is 0.590. The van der Waals surface area contributed by atoms with Gasteiger partial charge in [-0.15, -0.1) is 0 Å². The first-order valence-corrected chi connectivity index (χ1v) is 29.2. The minimum absolute atomic E-state index is 0.0891. The lowest BCUT2D eigenvalue weighted by atomic mass is 9.81. The largest absolute Gasteiger partial charge is 0.310 e. The van der Waals surface area contributed by atoms with Crippen LogP contribution in [-0.4, -0.2) is 0 Å². The second kappa shape index (κ2) is 19.9. The Balaban J connectivity index is 0.717. The Bertz CT molecular complexity index is 4030. The van der Waals surface area contributed by atoms with E-state index in [0.29, 0.717) is 0 Å². The highest BCUT2D eigenvalue weighted by molar-refractivity contribution is 6.08. The number of hydrogen-bond acceptors (Lipinski definition) is 2. The molecule has 11 aromatic rings. The summed E-state index contributed by atoms with van der Waals surface area (Å²) >= 11 is 0. The van der Waals surface area contributed by atoms with Crippen molar-refractivity contribution in [2.45, 2.75) is 90.9 Å². The van der Waals surface area contributed by atoms with Gasteiger partial charge in [0.15, 0.2) is 0 Å². The molecule has 0 fully saturated rings. The minimum atomic E-state index is -0.173. The van der Waals surface area contributed by atoms with Crippen molar-refractivity contribution >= 4 is 80.0 Å². The third kappa shape index (κ3) is 9.44. The second-order valence-corrected chi connectivity index (χ2v) is 25.9. The highest BCUT2D eigenvalue weighted by Crippen LogP contribution is 2.53. The van der Waals surface area contributed by atoms with E-state index in [1.54, 1.807) is 0 Å². The maximum absolute atomic E-state index is 2.42. The molecule has 0 aromatic heterocycles. The molecule has 0 bridgehead atoms. The van der Waals surface area contributed by atoms with Gasteiger partial charge in [-0.05, 0) is 195 Å². The van der Waals surface area contributed by atoms with Crippen LogP contribution in [0.15, 0.2) is 231 Å². The predicted molar refractivity (Wildman–Crippen MR) is 354 cm³/mol. The van der Waals surface area contributed by atoms with Crippen LogP contribution in [0.25, 0.3) is 68.1 Å². The Labute approximate surface area is 486 Å². The van der Waals surface area contributed by atoms with Gasteiger partial charge in [0.2, 0.25) is 0 Å². The van der Waals surface area contributed by atoms with Gasteiger partial charge in [-0.3, -0.25) is 0 Å². The Morgan fingerprint density at radius 3 is 0.927 bits per heavy atom. The molecule has 0 saturated carbocycles. The van der Waals surface area contributed by atoms with E-state index >= 15 is 0 Å². The maximum Gasteiger partial charge on any atom is 0.0465 e. The van der Waals surface area contributed by atoms with Crippen molar-refractivity contribution in [1.82, 2.24) is 0 Å². The number of hydrogen-bond donors (Lipinski definition) is 0. The molecule has 2 heteroatoms. The molecule has 2 aliphatic carbocycles. The highest BCUT2D eigenvalue weighted by Gasteiger charge is 2.38. The molecule has 82 heavy (non-hydrogen) atoms. The normalized spacial score (nSPS) is 14.1. The van der Waals surface area contributed by atoms with E-state index in [1.807, 2.05) is 0 Å². The third-order valence-electron chi connectivity index (χ3n) is 17.7. The molecule has 2 nitrogen and oxygen atoms in total. The van der Waals surface area contributed by atoms with Gasteiger partial charge in [-0.1, -0.05) is 239 Å². The average molecular weight is 1060 g/mol. The molecule has 0 amide bonds. The molecular weight excluding hydrogens is 989 g/mol. The predicted octanol–water partition coefficient (Wildman–Crippen LogP) is 22.5. The Kier molecular flexibility index (Phi) is 12.7. The molecule has 0 unspecified atom stereocenters. The van der Waals surface area contributed by atoms with Gasteiger partial charge in [0.25, 0.3) is 0 Å². The second-order valence-electron chi connectivity index (χ2n) is 25.9. The standard InChI is InChI=1S/C80H72N2/c1-77(2,3)59-31-35-63(36-32-59)81(61-17-13-11-14-18-61)65-39-45-71-69-43-27-55(49-73(69)79(7,8)75(71)51-65)23-21-53-25-41-67-57(47-53)29-30-58-48-54(26-42-68(58)67)22-24-56-28-44-70-72-46-40-66(52-76(72)80(9,10)74(70)50-56)82(62-19-15-12-16-20-62)64-37-33-60(34-38-64)78(4,5)6/h11-52H,1-10H3. The summed E-state index contributed by atoms with van der Waals surface area (Å²) in [4.78, 5) is 4.78. The zero-order valence-electron chi connectivity index (χ0n) is 49.1. The summed E-state index contributed by atoms with van der Waals surface area (Å²) in [6.45, 7) is 23.1. The van der Waals surface area contributed by atoms with Crippen molar-refractivity contribution in [1.29, 1.82) is 0 Å². The SMILES string of the molecule is CC(C)(C)c1ccc(N(c2ccccc2)c2ccc3c(c2)C(C)(C)c2cc(C=Cc4ccc5c(ccc6cc(C=Cc7ccc8c(c7)C(C)(C)c7cc(N(c9ccccc9)c9ccc(C(C)(C)C)cc9)ccc7-8)ccc65)c4)ccc2-3)cc1. The first-order valence-electron chi connectivity index (χ1n) is 29.2. The zero-order valence-corrected chi connectivity index (χ0v) is 49.1. The fourth-order valence-corrected chi connectivity index (χ4v) is 12.9. The first-order chi connectivity index (χ1) is 39.4. The van der Waals surface area contributed by atoms with E-state index in [4.69, 9.17) is 0 Å². The highest BCUT2D eigenvalue weighted by atomic mass is 15.1. The van der Waals surface area contributed by atoms with Gasteiger partial charge in [0.1, 0.15) is 0 Å². The number of benzene rings is 11. The van der Waals surface area contributed by atoms with Crippen molar-refractivity contribution < 1.29 is 0 Å². The molecule has 0 atom stereocenters. The topological polar surface area (TPSA) is 6.48 Å². The summed E-state index contributed by atoms with van der Waals surface area (Å²) in [5, 5.41) is 5.02. The smallest absolute Gasteiger partial charge is 0.0465 e. The van der Waals surface area contributed by atoms with Crippen LogP contribution < -0.4 is 9.80 Å². The molecule has 13 rings (SSSR count). The van der Waals surface area contributed by atoms with Crippen LogP contribution in [0.2, 0.25) is 0 Å². The van der Waals surface area contributed by atoms with Gasteiger partial charge in [0.05, 0.1) is 0 Å². The van der Waals surface area contributed by atoms with Crippen molar-refractivity contribution in [3.8, 4) is 22.3 Å². The van der Waals surface area contributed by atoms with Crippen molar-refractivity contribution in [3.63, 3.8) is 0 Å². The van der Waals surface area contributed by atoms with Gasteiger partial charge in [0, 0.05) is 45.0 Å². The zero-order chi connectivity index (χ0) is 56.7. The Hall–Kier alpha value is -8.98. The maximum atomic E-state index is 2.42. The van der Waals surface area contributed by atoms with E-state index in [2.05, 4.69) is 334 Å². The van der Waals surface area contributed by atoms with Crippen LogP contribution in [0.1, 0.15) is 125 Å². The summed E-state index contributed by atoms with van der Waals surface area (Å²) < 4.78 is 0. The monoisotopic (exact) mass is 1060 g/mol. The third-order valence-corrected chi connectivity index (χ3v) is 17.7.